The van der Waals surface area contributed by atoms with Crippen LogP contribution in [0.2, 0.25) is 0 Å². The van der Waals surface area contributed by atoms with E-state index in [0.717, 1.165) is 76.2 Å². The van der Waals surface area contributed by atoms with Crippen molar-refractivity contribution in [3.63, 3.8) is 0 Å². The van der Waals surface area contributed by atoms with Gasteiger partial charge in [-0.3, -0.25) is 4.90 Å². The summed E-state index contributed by atoms with van der Waals surface area (Å²) in [5.41, 5.74) is 2.85. The van der Waals surface area contributed by atoms with Crippen LogP contribution in [0.1, 0.15) is 51.0 Å². The molecule has 0 spiro atoms. The number of allylic oxidation sites excluding steroid dienone is 1. The number of nitrogens with zero attached hydrogens (tertiary/aromatic N) is 2. The number of thiocarbonyl (C=S) groups is 1. The molecule has 0 amide bonds. The molecule has 1 aliphatic carbocycles. The molecule has 0 radical (unpaired) electrons. The van der Waals surface area contributed by atoms with Gasteiger partial charge in [-0.25, -0.2) is 0 Å². The summed E-state index contributed by atoms with van der Waals surface area (Å²) >= 11 is 5.82. The first kappa shape index (κ1) is 24.0. The predicted octanol–water partition coefficient (Wildman–Crippen LogP) is 4.37. The highest BCUT2D eigenvalue weighted by Crippen LogP contribution is 2.19. The van der Waals surface area contributed by atoms with Crippen LogP contribution >= 0.6 is 12.2 Å². The van der Waals surface area contributed by atoms with Crippen LogP contribution in [-0.4, -0.2) is 67.5 Å². The number of hydrogen-bond acceptors (Lipinski definition) is 4. The Bertz CT molecular complexity index is 687. The zero-order valence-electron chi connectivity index (χ0n) is 19.1. The van der Waals surface area contributed by atoms with Crippen molar-refractivity contribution in [3.05, 3.63) is 41.5 Å². The molecule has 3 rings (SSSR count). The smallest absolute Gasteiger partial charge is 0.169 e. The first-order valence-electron chi connectivity index (χ1n) is 12.0. The molecule has 1 aromatic carbocycles. The molecule has 1 saturated heterocycles. The van der Waals surface area contributed by atoms with Gasteiger partial charge >= 0.3 is 0 Å². The second-order valence-electron chi connectivity index (χ2n) is 8.40. The van der Waals surface area contributed by atoms with Gasteiger partial charge in [0.15, 0.2) is 5.11 Å². The minimum Gasteiger partial charge on any atom is -0.494 e. The Hall–Kier alpha value is -1.63. The normalized spacial score (nSPS) is 17.1. The van der Waals surface area contributed by atoms with Gasteiger partial charge in [0.25, 0.3) is 0 Å². The monoisotopic (exact) mass is 445 g/mol. The SMILES string of the molecule is CCOc1ccc(CN(CCCN2CCOCC2)C(=S)NCCC2=CCCCC2)cc1. The van der Waals surface area contributed by atoms with E-state index in [1.54, 1.807) is 5.57 Å². The molecule has 0 atom stereocenters. The largest absolute Gasteiger partial charge is 0.494 e. The topological polar surface area (TPSA) is 37.0 Å². The van der Waals surface area contributed by atoms with E-state index in [9.17, 15) is 0 Å². The summed E-state index contributed by atoms with van der Waals surface area (Å²) in [5.74, 6) is 0.923. The molecule has 2 aliphatic rings. The second kappa shape index (κ2) is 13.7. The summed E-state index contributed by atoms with van der Waals surface area (Å²) < 4.78 is 11.1. The maximum Gasteiger partial charge on any atom is 0.169 e. The number of rotatable bonds is 11. The molecule has 6 heteroatoms. The maximum absolute atomic E-state index is 5.82. The Morgan fingerprint density at radius 1 is 1.19 bits per heavy atom. The highest BCUT2D eigenvalue weighted by molar-refractivity contribution is 7.80. The highest BCUT2D eigenvalue weighted by atomic mass is 32.1. The Balaban J connectivity index is 1.51. The number of morpholine rings is 1. The van der Waals surface area contributed by atoms with Gasteiger partial charge in [0.2, 0.25) is 0 Å². The van der Waals surface area contributed by atoms with Gasteiger partial charge in [-0.2, -0.15) is 0 Å². The van der Waals surface area contributed by atoms with E-state index in [1.807, 2.05) is 6.92 Å². The minimum absolute atomic E-state index is 0.692. The van der Waals surface area contributed by atoms with Gasteiger partial charge in [0.1, 0.15) is 5.75 Å². The Morgan fingerprint density at radius 2 is 2.00 bits per heavy atom. The molecular formula is C25H39N3O2S. The van der Waals surface area contributed by atoms with Crippen molar-refractivity contribution in [1.82, 2.24) is 15.1 Å². The number of nitrogens with one attached hydrogen (secondary N) is 1. The van der Waals surface area contributed by atoms with Crippen molar-refractivity contribution in [1.29, 1.82) is 0 Å². The summed E-state index contributed by atoms with van der Waals surface area (Å²) in [4.78, 5) is 4.81. The van der Waals surface area contributed by atoms with Crippen molar-refractivity contribution in [2.75, 3.05) is 52.5 Å². The molecule has 0 saturated carbocycles. The molecule has 5 nitrogen and oxygen atoms in total. The Morgan fingerprint density at radius 3 is 2.71 bits per heavy atom. The lowest BCUT2D eigenvalue weighted by atomic mass is 9.97. The molecule has 1 aromatic rings. The predicted molar refractivity (Wildman–Crippen MR) is 132 cm³/mol. The molecular weight excluding hydrogens is 406 g/mol. The van der Waals surface area contributed by atoms with E-state index < -0.39 is 0 Å². The van der Waals surface area contributed by atoms with Crippen LogP contribution in [-0.2, 0) is 11.3 Å². The fraction of sp³-hybridized carbons (Fsp3) is 0.640. The fourth-order valence-corrected chi connectivity index (χ4v) is 4.47. The van der Waals surface area contributed by atoms with Gasteiger partial charge in [0.05, 0.1) is 19.8 Å². The Kier molecular flexibility index (Phi) is 10.6. The van der Waals surface area contributed by atoms with Gasteiger partial charge < -0.3 is 19.7 Å². The molecule has 0 aromatic heterocycles. The second-order valence-corrected chi connectivity index (χ2v) is 8.78. The quantitative estimate of drug-likeness (QED) is 0.403. The number of ether oxygens (including phenoxy) is 2. The average molecular weight is 446 g/mol. The van der Waals surface area contributed by atoms with Crippen LogP contribution in [0.5, 0.6) is 5.75 Å². The van der Waals surface area contributed by atoms with Gasteiger partial charge in [0, 0.05) is 39.3 Å². The van der Waals surface area contributed by atoms with Crippen molar-refractivity contribution in [2.45, 2.75) is 52.0 Å². The van der Waals surface area contributed by atoms with Crippen LogP contribution in [0.3, 0.4) is 0 Å². The van der Waals surface area contributed by atoms with Crippen LogP contribution in [0.25, 0.3) is 0 Å². The van der Waals surface area contributed by atoms with Crippen molar-refractivity contribution < 1.29 is 9.47 Å². The first-order chi connectivity index (χ1) is 15.2. The van der Waals surface area contributed by atoms with Crippen molar-refractivity contribution in [2.24, 2.45) is 0 Å². The molecule has 31 heavy (non-hydrogen) atoms. The highest BCUT2D eigenvalue weighted by Gasteiger charge is 2.14. The molecule has 0 unspecified atom stereocenters. The van der Waals surface area contributed by atoms with Crippen LogP contribution in [0, 0.1) is 0 Å². The lowest BCUT2D eigenvalue weighted by Crippen LogP contribution is -2.42. The number of hydrogen-bond donors (Lipinski definition) is 1. The summed E-state index contributed by atoms with van der Waals surface area (Å²) in [5, 5.41) is 4.40. The van der Waals surface area contributed by atoms with Crippen LogP contribution < -0.4 is 10.1 Å². The summed E-state index contributed by atoms with van der Waals surface area (Å²) in [6.45, 7) is 10.3. The molecule has 0 bridgehead atoms. The van der Waals surface area contributed by atoms with Gasteiger partial charge in [-0.1, -0.05) is 23.8 Å². The van der Waals surface area contributed by atoms with E-state index in [4.69, 9.17) is 21.7 Å². The summed E-state index contributed by atoms with van der Waals surface area (Å²) in [7, 11) is 0. The lowest BCUT2D eigenvalue weighted by molar-refractivity contribution is 0.0367. The first-order valence-corrected chi connectivity index (χ1v) is 12.4. The third-order valence-electron chi connectivity index (χ3n) is 6.01. The third kappa shape index (κ3) is 8.79. The molecule has 1 fully saturated rings. The maximum atomic E-state index is 5.82. The third-order valence-corrected chi connectivity index (χ3v) is 6.41. The zero-order valence-corrected chi connectivity index (χ0v) is 19.9. The molecule has 1 heterocycles. The van der Waals surface area contributed by atoms with Gasteiger partial charge in [-0.15, -0.1) is 0 Å². The fourth-order valence-electron chi connectivity index (χ4n) is 4.21. The molecule has 1 aliphatic heterocycles. The standard InChI is InChI=1S/C25H39N3O2S/c1-2-30-24-11-9-23(10-12-24)21-28(16-6-15-27-17-19-29-20-18-27)25(31)26-14-13-22-7-4-3-5-8-22/h7,9-12H,2-6,8,13-21H2,1H3,(H,26,31). The zero-order chi connectivity index (χ0) is 21.7. The van der Waals surface area contributed by atoms with E-state index in [2.05, 4.69) is 45.5 Å². The van der Waals surface area contributed by atoms with Crippen molar-refractivity contribution in [3.8, 4) is 5.75 Å². The van der Waals surface area contributed by atoms with E-state index in [0.29, 0.717) is 6.61 Å². The van der Waals surface area contributed by atoms with Crippen LogP contribution in [0.4, 0.5) is 0 Å². The summed E-state index contributed by atoms with van der Waals surface area (Å²) in [6.07, 6.45) is 9.80. The van der Waals surface area contributed by atoms with E-state index in [-0.39, 0.29) is 0 Å². The van der Waals surface area contributed by atoms with E-state index in [1.165, 1.54) is 31.2 Å². The lowest BCUT2D eigenvalue weighted by Gasteiger charge is -2.30. The van der Waals surface area contributed by atoms with E-state index >= 15 is 0 Å². The summed E-state index contributed by atoms with van der Waals surface area (Å²) in [6, 6.07) is 8.40. The minimum atomic E-state index is 0.692. The number of benzene rings is 1. The Labute approximate surface area is 193 Å². The van der Waals surface area contributed by atoms with Crippen molar-refractivity contribution >= 4 is 17.3 Å². The molecule has 1 N–H and O–H groups in total. The van der Waals surface area contributed by atoms with Gasteiger partial charge in [-0.05, 0) is 75.4 Å². The molecule has 172 valence electrons. The average Bonchev–Trinajstić information content (AvgIpc) is 2.81. The van der Waals surface area contributed by atoms with Crippen LogP contribution in [0.15, 0.2) is 35.9 Å².